The summed E-state index contributed by atoms with van der Waals surface area (Å²) in [5.74, 6) is 0.545. The first kappa shape index (κ1) is 24.3. The second-order valence-corrected chi connectivity index (χ2v) is 9.79. The molecule has 2 bridgehead atoms. The predicted molar refractivity (Wildman–Crippen MR) is 132 cm³/mol. The zero-order valence-electron chi connectivity index (χ0n) is 20.4. The Hall–Kier alpha value is -2.86. The Labute approximate surface area is 202 Å². The molecule has 2 aromatic rings. The SMILES string of the molecule is Cc1cccc(C(=O)N2CCCCC3(CO)CCN(CC3)C(=O)c3ccccc3OCC2)c1C. The molecular weight excluding hydrogens is 428 g/mol. The van der Waals surface area contributed by atoms with E-state index in [2.05, 4.69) is 0 Å². The fraction of sp³-hybridized carbons (Fsp3) is 0.500. The van der Waals surface area contributed by atoms with Gasteiger partial charge in [-0.1, -0.05) is 30.7 Å². The first-order valence-electron chi connectivity index (χ1n) is 12.4. The molecule has 3 aliphatic rings. The highest BCUT2D eigenvalue weighted by Gasteiger charge is 2.36. The van der Waals surface area contributed by atoms with Gasteiger partial charge in [-0.05, 0) is 74.3 Å². The molecule has 2 amide bonds. The first-order chi connectivity index (χ1) is 16.4. The summed E-state index contributed by atoms with van der Waals surface area (Å²) in [6.07, 6.45) is 4.31. The Morgan fingerprint density at radius 2 is 1.74 bits per heavy atom. The number of para-hydroxylation sites is 1. The average Bonchev–Trinajstić information content (AvgIpc) is 2.87. The lowest BCUT2D eigenvalue weighted by atomic mass is 9.75. The summed E-state index contributed by atoms with van der Waals surface area (Å²) in [7, 11) is 0. The zero-order chi connectivity index (χ0) is 24.1. The van der Waals surface area contributed by atoms with Crippen LogP contribution in [0, 0.1) is 19.3 Å². The van der Waals surface area contributed by atoms with Crippen LogP contribution in [0.1, 0.15) is 63.9 Å². The van der Waals surface area contributed by atoms with Gasteiger partial charge >= 0.3 is 0 Å². The number of hydrogen-bond acceptors (Lipinski definition) is 4. The number of rotatable bonds is 2. The first-order valence-corrected chi connectivity index (χ1v) is 12.4. The molecule has 1 N–H and O–H groups in total. The molecule has 182 valence electrons. The Morgan fingerprint density at radius 1 is 0.971 bits per heavy atom. The molecular formula is C28H36N2O4. The highest BCUT2D eigenvalue weighted by atomic mass is 16.5. The maximum atomic E-state index is 13.5. The van der Waals surface area contributed by atoms with Crippen molar-refractivity contribution < 1.29 is 19.4 Å². The van der Waals surface area contributed by atoms with Crippen LogP contribution in [0.2, 0.25) is 0 Å². The van der Waals surface area contributed by atoms with Crippen molar-refractivity contribution >= 4 is 11.8 Å². The minimum Gasteiger partial charge on any atom is -0.491 e. The summed E-state index contributed by atoms with van der Waals surface area (Å²) >= 11 is 0. The van der Waals surface area contributed by atoms with Gasteiger partial charge in [-0.2, -0.15) is 0 Å². The molecule has 5 rings (SSSR count). The van der Waals surface area contributed by atoms with Crippen molar-refractivity contribution in [1.82, 2.24) is 9.80 Å². The third-order valence-electron chi connectivity index (χ3n) is 7.69. The van der Waals surface area contributed by atoms with Gasteiger partial charge in [0.2, 0.25) is 0 Å². The van der Waals surface area contributed by atoms with Crippen molar-refractivity contribution in [3.63, 3.8) is 0 Å². The third-order valence-corrected chi connectivity index (χ3v) is 7.69. The van der Waals surface area contributed by atoms with Crippen LogP contribution in [0.4, 0.5) is 0 Å². The number of hydrogen-bond donors (Lipinski definition) is 1. The number of amides is 2. The minimum absolute atomic E-state index is 0.0161. The van der Waals surface area contributed by atoms with Crippen LogP contribution in [0.3, 0.4) is 0 Å². The number of carbonyl (C=O) groups is 2. The van der Waals surface area contributed by atoms with Crippen molar-refractivity contribution in [3.05, 3.63) is 64.7 Å². The molecule has 34 heavy (non-hydrogen) atoms. The molecule has 3 heterocycles. The van der Waals surface area contributed by atoms with Crippen LogP contribution < -0.4 is 4.74 Å². The molecule has 2 aromatic carbocycles. The number of nitrogens with zero attached hydrogens (tertiary/aromatic N) is 2. The van der Waals surface area contributed by atoms with E-state index in [0.29, 0.717) is 44.1 Å². The van der Waals surface area contributed by atoms with Gasteiger partial charge in [-0.3, -0.25) is 9.59 Å². The van der Waals surface area contributed by atoms with Crippen molar-refractivity contribution in [2.75, 3.05) is 39.4 Å². The number of aliphatic hydroxyl groups excluding tert-OH is 1. The smallest absolute Gasteiger partial charge is 0.257 e. The molecule has 6 heteroatoms. The van der Waals surface area contributed by atoms with E-state index in [9.17, 15) is 14.7 Å². The average molecular weight is 465 g/mol. The molecule has 0 atom stereocenters. The van der Waals surface area contributed by atoms with Gasteiger partial charge < -0.3 is 19.6 Å². The molecule has 0 radical (unpaired) electrons. The lowest BCUT2D eigenvalue weighted by Gasteiger charge is -2.41. The van der Waals surface area contributed by atoms with Crippen LogP contribution in [-0.2, 0) is 0 Å². The van der Waals surface area contributed by atoms with E-state index in [-0.39, 0.29) is 23.8 Å². The second kappa shape index (κ2) is 10.6. The van der Waals surface area contributed by atoms with Crippen LogP contribution in [0.25, 0.3) is 0 Å². The monoisotopic (exact) mass is 464 g/mol. The highest BCUT2D eigenvalue weighted by Crippen LogP contribution is 2.37. The van der Waals surface area contributed by atoms with Gasteiger partial charge in [-0.15, -0.1) is 0 Å². The van der Waals surface area contributed by atoms with Crippen molar-refractivity contribution in [2.24, 2.45) is 5.41 Å². The number of fused-ring (bicyclic) bond motifs is 9. The molecule has 6 nitrogen and oxygen atoms in total. The van der Waals surface area contributed by atoms with Crippen molar-refractivity contribution in [1.29, 1.82) is 0 Å². The number of benzene rings is 2. The maximum absolute atomic E-state index is 13.5. The van der Waals surface area contributed by atoms with E-state index in [1.54, 1.807) is 0 Å². The van der Waals surface area contributed by atoms with Crippen LogP contribution in [-0.4, -0.2) is 66.1 Å². The quantitative estimate of drug-likeness (QED) is 0.722. The summed E-state index contributed by atoms with van der Waals surface area (Å²) < 4.78 is 6.07. The van der Waals surface area contributed by atoms with Crippen molar-refractivity contribution in [2.45, 2.75) is 46.0 Å². The fourth-order valence-electron chi connectivity index (χ4n) is 5.15. The number of piperidine rings is 1. The Morgan fingerprint density at radius 3 is 2.50 bits per heavy atom. The van der Waals surface area contributed by atoms with Gasteiger partial charge in [-0.25, -0.2) is 0 Å². The molecule has 3 aliphatic heterocycles. The Bertz CT molecular complexity index is 1030. The topological polar surface area (TPSA) is 70.1 Å². The summed E-state index contributed by atoms with van der Waals surface area (Å²) in [6.45, 7) is 6.85. The molecule has 1 fully saturated rings. The normalized spacial score (nSPS) is 19.1. The predicted octanol–water partition coefficient (Wildman–Crippen LogP) is 4.22. The standard InChI is InChI=1S/C28H36N2O4/c1-21-8-7-10-23(22(21)2)26(32)29-15-6-5-12-28(20-31)13-16-30(17-14-28)27(33)24-9-3-4-11-25(24)34-19-18-29/h3-4,7-11,31H,5-6,12-20H2,1-2H3. The van der Waals surface area contributed by atoms with E-state index in [4.69, 9.17) is 4.74 Å². The van der Waals surface area contributed by atoms with Gasteiger partial charge in [0.05, 0.1) is 12.1 Å². The van der Waals surface area contributed by atoms with E-state index in [1.165, 1.54) is 0 Å². The third kappa shape index (κ3) is 5.12. The van der Waals surface area contributed by atoms with Gasteiger partial charge in [0.1, 0.15) is 12.4 Å². The van der Waals surface area contributed by atoms with Gasteiger partial charge in [0, 0.05) is 31.8 Å². The van der Waals surface area contributed by atoms with E-state index < -0.39 is 0 Å². The number of carbonyl (C=O) groups excluding carboxylic acids is 2. The number of aryl methyl sites for hydroxylation is 1. The van der Waals surface area contributed by atoms with Crippen molar-refractivity contribution in [3.8, 4) is 5.75 Å². The Balaban J connectivity index is 1.59. The van der Waals surface area contributed by atoms with Gasteiger partial charge in [0.15, 0.2) is 0 Å². The summed E-state index contributed by atoms with van der Waals surface area (Å²) in [6, 6.07) is 13.2. The number of ether oxygens (including phenoxy) is 1. The summed E-state index contributed by atoms with van der Waals surface area (Å²) in [5, 5.41) is 10.2. The lowest BCUT2D eigenvalue weighted by molar-refractivity contribution is 0.0297. The minimum atomic E-state index is -0.144. The van der Waals surface area contributed by atoms with Crippen LogP contribution >= 0.6 is 0 Å². The largest absolute Gasteiger partial charge is 0.491 e. The van der Waals surface area contributed by atoms with E-state index >= 15 is 0 Å². The molecule has 0 saturated carbocycles. The molecule has 0 spiro atoms. The lowest BCUT2D eigenvalue weighted by Crippen LogP contribution is -2.44. The van der Waals surface area contributed by atoms with Gasteiger partial charge in [0.25, 0.3) is 11.8 Å². The Kier molecular flexibility index (Phi) is 7.57. The van der Waals surface area contributed by atoms with Crippen LogP contribution in [0.5, 0.6) is 5.75 Å². The zero-order valence-corrected chi connectivity index (χ0v) is 20.4. The van der Waals surface area contributed by atoms with E-state index in [1.807, 2.05) is 66.1 Å². The fourth-order valence-corrected chi connectivity index (χ4v) is 5.15. The summed E-state index contributed by atoms with van der Waals surface area (Å²) in [4.78, 5) is 30.5. The molecule has 1 saturated heterocycles. The van der Waals surface area contributed by atoms with E-state index in [0.717, 1.165) is 48.8 Å². The molecule has 0 unspecified atom stereocenters. The maximum Gasteiger partial charge on any atom is 0.257 e. The molecule has 0 aromatic heterocycles. The van der Waals surface area contributed by atoms with Crippen LogP contribution in [0.15, 0.2) is 42.5 Å². The highest BCUT2D eigenvalue weighted by molar-refractivity contribution is 5.97. The summed E-state index contributed by atoms with van der Waals surface area (Å²) in [5.41, 5.74) is 3.25. The molecule has 0 aliphatic carbocycles. The second-order valence-electron chi connectivity index (χ2n) is 9.79. The number of aliphatic hydroxyl groups is 1.